The molecule has 34 heavy (non-hydrogen) atoms. The molecule has 1 atom stereocenters. The second-order valence-electron chi connectivity index (χ2n) is 7.46. The van der Waals surface area contributed by atoms with E-state index in [9.17, 15) is 9.59 Å². The highest BCUT2D eigenvalue weighted by Gasteiger charge is 2.33. The van der Waals surface area contributed by atoms with Crippen LogP contribution in [0, 0.1) is 11.3 Å². The lowest BCUT2D eigenvalue weighted by atomic mass is 9.95. The smallest absolute Gasteiger partial charge is 0.338 e. The molecular weight excluding hydrogens is 454 g/mol. The number of hydrogen-bond donors (Lipinski definition) is 3. The minimum Gasteiger partial charge on any atom is -0.460 e. The van der Waals surface area contributed by atoms with Crippen LogP contribution >= 0.6 is 12.2 Å². The Bertz CT molecular complexity index is 1160. The van der Waals surface area contributed by atoms with Crippen LogP contribution in [0.4, 0.5) is 16.2 Å². The number of esters is 1. The first-order valence-corrected chi connectivity index (χ1v) is 10.8. The lowest BCUT2D eigenvalue weighted by Gasteiger charge is -2.35. The average molecular weight is 480 g/mol. The number of urea groups is 1. The van der Waals surface area contributed by atoms with Gasteiger partial charge in [0, 0.05) is 31.2 Å². The van der Waals surface area contributed by atoms with E-state index in [2.05, 4.69) is 16.0 Å². The van der Waals surface area contributed by atoms with Crippen molar-refractivity contribution >= 4 is 40.7 Å². The molecule has 1 unspecified atom stereocenters. The normalized spacial score (nSPS) is 15.3. The van der Waals surface area contributed by atoms with E-state index in [0.717, 1.165) is 5.56 Å². The molecule has 176 valence electrons. The predicted octanol–water partition coefficient (Wildman–Crippen LogP) is 3.53. The van der Waals surface area contributed by atoms with E-state index in [0.29, 0.717) is 33.3 Å². The number of allylic oxidation sites excluding steroid dienone is 1. The van der Waals surface area contributed by atoms with Crippen LogP contribution in [0.3, 0.4) is 0 Å². The highest BCUT2D eigenvalue weighted by Crippen LogP contribution is 2.32. The van der Waals surface area contributed by atoms with Crippen molar-refractivity contribution in [3.63, 3.8) is 0 Å². The fourth-order valence-electron chi connectivity index (χ4n) is 3.36. The Morgan fingerprint density at radius 1 is 1.15 bits per heavy atom. The number of anilines is 2. The van der Waals surface area contributed by atoms with Crippen LogP contribution in [-0.2, 0) is 14.3 Å². The summed E-state index contributed by atoms with van der Waals surface area (Å²) in [7, 11) is 3.31. The molecule has 3 N–H and O–H groups in total. The Kier molecular flexibility index (Phi) is 8.19. The van der Waals surface area contributed by atoms with Gasteiger partial charge in [-0.2, -0.15) is 5.26 Å². The van der Waals surface area contributed by atoms with Crippen LogP contribution in [0.15, 0.2) is 59.8 Å². The maximum Gasteiger partial charge on any atom is 0.338 e. The van der Waals surface area contributed by atoms with Gasteiger partial charge in [0.1, 0.15) is 6.61 Å². The van der Waals surface area contributed by atoms with Crippen LogP contribution < -0.4 is 16.0 Å². The van der Waals surface area contributed by atoms with Gasteiger partial charge < -0.3 is 30.3 Å². The number of ether oxygens (including phenoxy) is 2. The van der Waals surface area contributed by atoms with Crippen molar-refractivity contribution < 1.29 is 19.1 Å². The number of nitriles is 1. The molecule has 3 rings (SSSR count). The van der Waals surface area contributed by atoms with Crippen molar-refractivity contribution in [2.45, 2.75) is 13.0 Å². The van der Waals surface area contributed by atoms with Gasteiger partial charge in [-0.25, -0.2) is 9.59 Å². The Morgan fingerprint density at radius 2 is 1.85 bits per heavy atom. The van der Waals surface area contributed by atoms with Crippen molar-refractivity contribution in [2.75, 3.05) is 38.0 Å². The number of benzene rings is 2. The summed E-state index contributed by atoms with van der Waals surface area (Å²) < 4.78 is 10.3. The molecule has 0 saturated carbocycles. The molecule has 0 spiro atoms. The van der Waals surface area contributed by atoms with E-state index < -0.39 is 18.0 Å². The number of nitrogens with one attached hydrogen (secondary N) is 3. The summed E-state index contributed by atoms with van der Waals surface area (Å²) in [5.74, 6) is -0.474. The van der Waals surface area contributed by atoms with E-state index in [1.807, 2.05) is 12.1 Å². The molecule has 1 aliphatic heterocycles. The lowest BCUT2D eigenvalue weighted by Crippen LogP contribution is -2.46. The summed E-state index contributed by atoms with van der Waals surface area (Å²) >= 11 is 5.43. The summed E-state index contributed by atoms with van der Waals surface area (Å²) in [6, 6.07) is 14.7. The zero-order chi connectivity index (χ0) is 24.7. The second-order valence-corrected chi connectivity index (χ2v) is 7.85. The molecule has 9 nitrogen and oxygen atoms in total. The zero-order valence-electron chi connectivity index (χ0n) is 19.0. The third-order valence-corrected chi connectivity index (χ3v) is 5.64. The summed E-state index contributed by atoms with van der Waals surface area (Å²) in [6.07, 6.45) is 0. The molecule has 0 saturated heterocycles. The quantitative estimate of drug-likeness (QED) is 0.314. The fourth-order valence-corrected chi connectivity index (χ4v) is 3.62. The van der Waals surface area contributed by atoms with Crippen molar-refractivity contribution in [3.05, 3.63) is 70.9 Å². The van der Waals surface area contributed by atoms with E-state index in [-0.39, 0.29) is 13.2 Å². The first kappa shape index (κ1) is 24.7. The van der Waals surface area contributed by atoms with Crippen molar-refractivity contribution in [3.8, 4) is 6.07 Å². The van der Waals surface area contributed by atoms with Crippen molar-refractivity contribution in [1.82, 2.24) is 10.2 Å². The number of amides is 2. The Labute approximate surface area is 203 Å². The number of nitrogens with zero attached hydrogens (tertiary/aromatic N) is 2. The monoisotopic (exact) mass is 479 g/mol. The standard InChI is InChI=1S/C24H25N5O4S/c1-15-20(22(30)33-12-11-32-3)21(28-24(34)29(15)2)17-5-4-6-19(13-17)27-23(31)26-18-9-7-16(14-25)8-10-18/h4-10,13,21H,11-12H2,1-3H3,(H,28,34)(H2,26,27,31). The zero-order valence-corrected chi connectivity index (χ0v) is 19.9. The van der Waals surface area contributed by atoms with Gasteiger partial charge in [-0.3, -0.25) is 0 Å². The number of carbonyl (C=O) groups is 2. The van der Waals surface area contributed by atoms with Crippen LogP contribution in [0.5, 0.6) is 0 Å². The molecule has 2 aromatic rings. The lowest BCUT2D eigenvalue weighted by molar-refractivity contribution is -0.140. The number of methoxy groups -OCH3 is 1. The van der Waals surface area contributed by atoms with Gasteiger partial charge in [0.05, 0.1) is 29.9 Å². The van der Waals surface area contributed by atoms with Crippen LogP contribution in [0.2, 0.25) is 0 Å². The molecule has 0 aromatic heterocycles. The Hall–Kier alpha value is -3.94. The summed E-state index contributed by atoms with van der Waals surface area (Å²) in [6.45, 7) is 2.22. The van der Waals surface area contributed by atoms with Gasteiger partial charge in [-0.05, 0) is 61.1 Å². The second kappa shape index (κ2) is 11.3. The minimum atomic E-state index is -0.554. The van der Waals surface area contributed by atoms with Gasteiger partial charge in [0.15, 0.2) is 5.11 Å². The SMILES string of the molecule is COCCOC(=O)C1=C(C)N(C)C(=S)NC1c1cccc(NC(=O)Nc2ccc(C#N)cc2)c1. The molecule has 0 radical (unpaired) electrons. The van der Waals surface area contributed by atoms with Gasteiger partial charge in [0.25, 0.3) is 0 Å². The van der Waals surface area contributed by atoms with Crippen LogP contribution in [0.1, 0.15) is 24.1 Å². The summed E-state index contributed by atoms with van der Waals surface area (Å²) in [4.78, 5) is 27.1. The maximum atomic E-state index is 12.9. The molecule has 2 aromatic carbocycles. The Morgan fingerprint density at radius 3 is 2.53 bits per heavy atom. The largest absolute Gasteiger partial charge is 0.460 e. The van der Waals surface area contributed by atoms with Crippen molar-refractivity contribution in [1.29, 1.82) is 5.26 Å². The number of thiocarbonyl (C=S) groups is 1. The number of carbonyl (C=O) groups excluding carboxylic acids is 2. The summed E-state index contributed by atoms with van der Waals surface area (Å²) in [5.41, 5.74) is 3.40. The topological polar surface area (TPSA) is 116 Å². The molecule has 1 aliphatic rings. The van der Waals surface area contributed by atoms with Crippen LogP contribution in [0.25, 0.3) is 0 Å². The molecule has 1 heterocycles. The van der Waals surface area contributed by atoms with Gasteiger partial charge in [-0.1, -0.05) is 12.1 Å². The molecule has 0 bridgehead atoms. The Balaban J connectivity index is 1.80. The summed E-state index contributed by atoms with van der Waals surface area (Å²) in [5, 5.41) is 18.0. The average Bonchev–Trinajstić information content (AvgIpc) is 2.83. The van der Waals surface area contributed by atoms with Crippen LogP contribution in [-0.4, -0.2) is 49.4 Å². The highest BCUT2D eigenvalue weighted by molar-refractivity contribution is 7.80. The molecule has 10 heteroatoms. The third-order valence-electron chi connectivity index (χ3n) is 5.24. The van der Waals surface area contributed by atoms with E-state index >= 15 is 0 Å². The van der Waals surface area contributed by atoms with Gasteiger partial charge in [-0.15, -0.1) is 0 Å². The predicted molar refractivity (Wildman–Crippen MR) is 132 cm³/mol. The fraction of sp³-hybridized carbons (Fsp3) is 0.250. The maximum absolute atomic E-state index is 12.9. The first-order valence-electron chi connectivity index (χ1n) is 10.4. The van der Waals surface area contributed by atoms with E-state index in [1.165, 1.54) is 7.11 Å². The molecule has 0 aliphatic carbocycles. The highest BCUT2D eigenvalue weighted by atomic mass is 32.1. The van der Waals surface area contributed by atoms with Gasteiger partial charge >= 0.3 is 12.0 Å². The third kappa shape index (κ3) is 5.89. The van der Waals surface area contributed by atoms with E-state index in [1.54, 1.807) is 61.3 Å². The van der Waals surface area contributed by atoms with E-state index in [4.69, 9.17) is 27.0 Å². The number of hydrogen-bond acceptors (Lipinski definition) is 6. The van der Waals surface area contributed by atoms with Crippen molar-refractivity contribution in [2.24, 2.45) is 0 Å². The first-order chi connectivity index (χ1) is 16.3. The molecule has 0 fully saturated rings. The number of rotatable bonds is 7. The minimum absolute atomic E-state index is 0.129. The molecular formula is C24H25N5O4S. The van der Waals surface area contributed by atoms with Gasteiger partial charge in [0.2, 0.25) is 0 Å². The molecule has 2 amide bonds.